The number of rotatable bonds is 6. The third-order valence-corrected chi connectivity index (χ3v) is 4.86. The van der Waals surface area contributed by atoms with Crippen molar-refractivity contribution >= 4 is 41.7 Å². The minimum Gasteiger partial charge on any atom is -0.357 e. The zero-order valence-electron chi connectivity index (χ0n) is 13.7. The molecule has 0 radical (unpaired) electrons. The summed E-state index contributed by atoms with van der Waals surface area (Å²) in [6.07, 6.45) is 9.94. The molecule has 2 N–H and O–H groups in total. The molecule has 2 atom stereocenters. The van der Waals surface area contributed by atoms with Crippen LogP contribution in [0.2, 0.25) is 0 Å². The summed E-state index contributed by atoms with van der Waals surface area (Å²) in [5, 5.41) is 12.0. The first-order chi connectivity index (χ1) is 10.2. The van der Waals surface area contributed by atoms with Gasteiger partial charge in [-0.2, -0.15) is 16.9 Å². The fraction of sp³-hybridized carbons (Fsp3) is 0.733. The second-order valence-corrected chi connectivity index (χ2v) is 6.69. The molecule has 0 saturated heterocycles. The molecule has 1 aliphatic carbocycles. The Morgan fingerprint density at radius 3 is 2.91 bits per heavy atom. The van der Waals surface area contributed by atoms with Gasteiger partial charge >= 0.3 is 0 Å². The Balaban J connectivity index is 0.00000242. The number of aromatic nitrogens is 2. The van der Waals surface area contributed by atoms with E-state index in [-0.39, 0.29) is 24.0 Å². The Labute approximate surface area is 155 Å². The van der Waals surface area contributed by atoms with Crippen LogP contribution in [0.15, 0.2) is 17.4 Å². The fourth-order valence-electron chi connectivity index (χ4n) is 2.65. The van der Waals surface area contributed by atoms with Gasteiger partial charge < -0.3 is 10.6 Å². The Kier molecular flexibility index (Phi) is 9.23. The molecular formula is C15H28IN5S. The highest BCUT2D eigenvalue weighted by Crippen LogP contribution is 2.27. The maximum Gasteiger partial charge on any atom is 0.191 e. The summed E-state index contributed by atoms with van der Waals surface area (Å²) in [4.78, 5) is 4.66. The third-order valence-electron chi connectivity index (χ3n) is 3.76. The lowest BCUT2D eigenvalue weighted by atomic mass is 10.2. The van der Waals surface area contributed by atoms with Crippen LogP contribution >= 0.6 is 35.7 Å². The van der Waals surface area contributed by atoms with Crippen molar-refractivity contribution in [2.45, 2.75) is 50.9 Å². The summed E-state index contributed by atoms with van der Waals surface area (Å²) in [5.74, 6) is 0.938. The first kappa shape index (κ1) is 19.6. The van der Waals surface area contributed by atoms with Gasteiger partial charge in [0.15, 0.2) is 5.96 Å². The molecule has 1 aromatic heterocycles. The lowest BCUT2D eigenvalue weighted by Gasteiger charge is -2.17. The molecule has 7 heteroatoms. The van der Waals surface area contributed by atoms with Crippen LogP contribution < -0.4 is 10.6 Å². The van der Waals surface area contributed by atoms with Gasteiger partial charge in [-0.25, -0.2) is 0 Å². The molecule has 1 saturated carbocycles. The van der Waals surface area contributed by atoms with Crippen molar-refractivity contribution in [2.75, 3.05) is 19.3 Å². The standard InChI is InChI=1S/C15H27N5S.HI/c1-4-16-15(19-13-5-6-14(9-13)21-3)17-7-8-20-11-12(2)10-18-20;/h10-11,13-14H,4-9H2,1-3H3,(H2,16,17,19);1H. The van der Waals surface area contributed by atoms with Crippen LogP contribution in [0.5, 0.6) is 0 Å². The fourth-order valence-corrected chi connectivity index (χ4v) is 3.45. The summed E-state index contributed by atoms with van der Waals surface area (Å²) in [5.41, 5.74) is 1.19. The highest BCUT2D eigenvalue weighted by Gasteiger charge is 2.24. The van der Waals surface area contributed by atoms with E-state index in [4.69, 9.17) is 0 Å². The minimum absolute atomic E-state index is 0. The number of hydrogen-bond acceptors (Lipinski definition) is 3. The Morgan fingerprint density at radius 2 is 2.32 bits per heavy atom. The van der Waals surface area contributed by atoms with Gasteiger partial charge in [-0.3, -0.25) is 9.67 Å². The normalized spacial score (nSPS) is 21.5. The minimum atomic E-state index is 0. The molecule has 0 amide bonds. The summed E-state index contributed by atoms with van der Waals surface area (Å²) in [6, 6.07) is 0.562. The van der Waals surface area contributed by atoms with Crippen molar-refractivity contribution < 1.29 is 0 Å². The number of guanidine groups is 1. The molecule has 0 bridgehead atoms. The van der Waals surface area contributed by atoms with E-state index in [0.717, 1.165) is 30.8 Å². The van der Waals surface area contributed by atoms with Crippen molar-refractivity contribution in [1.82, 2.24) is 20.4 Å². The van der Waals surface area contributed by atoms with Crippen LogP contribution in [0.1, 0.15) is 31.7 Å². The molecule has 1 aromatic rings. The molecule has 1 fully saturated rings. The zero-order valence-corrected chi connectivity index (χ0v) is 16.9. The summed E-state index contributed by atoms with van der Waals surface area (Å²) in [6.45, 7) is 6.62. The van der Waals surface area contributed by atoms with E-state index in [1.807, 2.05) is 22.6 Å². The SMILES string of the molecule is CCNC(=NCCn1cc(C)cn1)NC1CCC(SC)C1.I. The summed E-state index contributed by atoms with van der Waals surface area (Å²) in [7, 11) is 0. The molecule has 5 nitrogen and oxygen atoms in total. The lowest BCUT2D eigenvalue weighted by Crippen LogP contribution is -2.42. The second-order valence-electron chi connectivity index (χ2n) is 5.55. The predicted octanol–water partition coefficient (Wildman–Crippen LogP) is 2.65. The van der Waals surface area contributed by atoms with Gasteiger partial charge in [0.25, 0.3) is 0 Å². The number of aliphatic imine (C=N–C) groups is 1. The first-order valence-electron chi connectivity index (χ1n) is 7.78. The van der Waals surface area contributed by atoms with Crippen LogP contribution in [-0.4, -0.2) is 46.4 Å². The van der Waals surface area contributed by atoms with E-state index in [1.54, 1.807) is 0 Å². The molecule has 126 valence electrons. The number of nitrogens with one attached hydrogen (secondary N) is 2. The summed E-state index contributed by atoms with van der Waals surface area (Å²) >= 11 is 1.98. The van der Waals surface area contributed by atoms with E-state index in [1.165, 1.54) is 24.8 Å². The van der Waals surface area contributed by atoms with E-state index >= 15 is 0 Å². The van der Waals surface area contributed by atoms with Crippen LogP contribution in [0.4, 0.5) is 0 Å². The largest absolute Gasteiger partial charge is 0.357 e. The number of halogens is 1. The molecule has 22 heavy (non-hydrogen) atoms. The van der Waals surface area contributed by atoms with Crippen LogP contribution in [0.3, 0.4) is 0 Å². The van der Waals surface area contributed by atoms with E-state index < -0.39 is 0 Å². The molecule has 0 aromatic carbocycles. The van der Waals surface area contributed by atoms with Gasteiger partial charge in [0, 0.05) is 24.0 Å². The van der Waals surface area contributed by atoms with Gasteiger partial charge in [0.2, 0.25) is 0 Å². The first-order valence-corrected chi connectivity index (χ1v) is 9.06. The van der Waals surface area contributed by atoms with Crippen LogP contribution in [0.25, 0.3) is 0 Å². The highest BCUT2D eigenvalue weighted by molar-refractivity contribution is 14.0. The highest BCUT2D eigenvalue weighted by atomic mass is 127. The lowest BCUT2D eigenvalue weighted by molar-refractivity contribution is 0.600. The Bertz CT molecular complexity index is 463. The number of hydrogen-bond donors (Lipinski definition) is 2. The predicted molar refractivity (Wildman–Crippen MR) is 106 cm³/mol. The smallest absolute Gasteiger partial charge is 0.191 e. The van der Waals surface area contributed by atoms with Gasteiger partial charge in [0.1, 0.15) is 0 Å². The average molecular weight is 437 g/mol. The van der Waals surface area contributed by atoms with Crippen molar-refractivity contribution in [3.63, 3.8) is 0 Å². The number of nitrogens with zero attached hydrogens (tertiary/aromatic N) is 3. The Morgan fingerprint density at radius 1 is 1.50 bits per heavy atom. The number of aryl methyl sites for hydroxylation is 1. The topological polar surface area (TPSA) is 54.2 Å². The van der Waals surface area contributed by atoms with Crippen LogP contribution in [0, 0.1) is 6.92 Å². The maximum absolute atomic E-state index is 4.66. The third kappa shape index (κ3) is 6.36. The molecule has 1 aliphatic rings. The van der Waals surface area contributed by atoms with Crippen molar-refractivity contribution in [3.05, 3.63) is 18.0 Å². The summed E-state index contributed by atoms with van der Waals surface area (Å²) < 4.78 is 1.95. The van der Waals surface area contributed by atoms with E-state index in [0.29, 0.717) is 6.04 Å². The Hall–Kier alpha value is -0.440. The molecule has 0 spiro atoms. The second kappa shape index (κ2) is 10.4. The molecule has 2 rings (SSSR count). The van der Waals surface area contributed by atoms with Gasteiger partial charge in [-0.05, 0) is 44.9 Å². The monoisotopic (exact) mass is 437 g/mol. The molecule has 0 aliphatic heterocycles. The van der Waals surface area contributed by atoms with E-state index in [2.05, 4.69) is 47.0 Å². The van der Waals surface area contributed by atoms with Gasteiger partial charge in [-0.15, -0.1) is 24.0 Å². The van der Waals surface area contributed by atoms with Gasteiger partial charge in [-0.1, -0.05) is 0 Å². The van der Waals surface area contributed by atoms with Gasteiger partial charge in [0.05, 0.1) is 19.3 Å². The average Bonchev–Trinajstić information content (AvgIpc) is 3.08. The quantitative estimate of drug-likeness (QED) is 0.408. The van der Waals surface area contributed by atoms with E-state index in [9.17, 15) is 0 Å². The van der Waals surface area contributed by atoms with Crippen molar-refractivity contribution in [1.29, 1.82) is 0 Å². The molecular weight excluding hydrogens is 409 g/mol. The molecule has 1 heterocycles. The number of thioether (sulfide) groups is 1. The van der Waals surface area contributed by atoms with Crippen molar-refractivity contribution in [3.8, 4) is 0 Å². The van der Waals surface area contributed by atoms with Crippen LogP contribution in [-0.2, 0) is 6.54 Å². The zero-order chi connectivity index (χ0) is 15.1. The molecule has 2 unspecified atom stereocenters. The maximum atomic E-state index is 4.66. The van der Waals surface area contributed by atoms with Crippen molar-refractivity contribution in [2.24, 2.45) is 4.99 Å².